The van der Waals surface area contributed by atoms with Crippen LogP contribution in [0.3, 0.4) is 0 Å². The van der Waals surface area contributed by atoms with Gasteiger partial charge in [0, 0.05) is 32.1 Å². The van der Waals surface area contributed by atoms with Gasteiger partial charge in [-0.3, -0.25) is 9.69 Å². The lowest BCUT2D eigenvalue weighted by atomic mass is 9.89. The molecule has 0 radical (unpaired) electrons. The topological polar surface area (TPSA) is 49.6 Å². The zero-order valence-electron chi connectivity index (χ0n) is 14.0. The fraction of sp³-hybridized carbons (Fsp3) is 0.632. The van der Waals surface area contributed by atoms with Crippen molar-refractivity contribution in [2.75, 3.05) is 39.3 Å². The van der Waals surface area contributed by atoms with Gasteiger partial charge < -0.3 is 10.6 Å². The summed E-state index contributed by atoms with van der Waals surface area (Å²) in [6, 6.07) is 10.6. The lowest BCUT2D eigenvalue weighted by Gasteiger charge is -2.24. The summed E-state index contributed by atoms with van der Waals surface area (Å²) in [5.74, 6) is 1.21. The number of benzene rings is 1. The predicted octanol–water partition coefficient (Wildman–Crippen LogP) is 2.06. The molecule has 0 saturated carbocycles. The van der Waals surface area contributed by atoms with Crippen molar-refractivity contribution < 1.29 is 4.79 Å². The summed E-state index contributed by atoms with van der Waals surface area (Å²) in [6.07, 6.45) is 4.84. The van der Waals surface area contributed by atoms with E-state index in [0.717, 1.165) is 39.0 Å². The van der Waals surface area contributed by atoms with Gasteiger partial charge in [-0.2, -0.15) is 0 Å². The van der Waals surface area contributed by atoms with Crippen molar-refractivity contribution in [3.8, 4) is 0 Å². The van der Waals surface area contributed by atoms with E-state index in [1.54, 1.807) is 0 Å². The molecule has 1 amide bonds. The highest BCUT2D eigenvalue weighted by atomic mass is 16.2. The Labute approximate surface area is 139 Å². The molecule has 0 aromatic heterocycles. The number of likely N-dealkylation sites (tertiary alicyclic amines) is 2. The number of hydrogen-bond acceptors (Lipinski definition) is 3. The first-order valence-corrected chi connectivity index (χ1v) is 9.03. The monoisotopic (exact) mass is 315 g/mol. The number of rotatable bonds is 4. The van der Waals surface area contributed by atoms with Crippen LogP contribution in [0.4, 0.5) is 0 Å². The molecule has 2 fully saturated rings. The second-order valence-electron chi connectivity index (χ2n) is 7.00. The van der Waals surface area contributed by atoms with E-state index in [9.17, 15) is 4.79 Å². The van der Waals surface area contributed by atoms with Gasteiger partial charge in [-0.1, -0.05) is 43.2 Å². The molecule has 2 saturated heterocycles. The number of hydrogen-bond donors (Lipinski definition) is 1. The number of carbonyl (C=O) groups excluding carboxylic acids is 1. The minimum atomic E-state index is 0.302. The van der Waals surface area contributed by atoms with E-state index in [4.69, 9.17) is 5.73 Å². The van der Waals surface area contributed by atoms with Crippen molar-refractivity contribution in [1.82, 2.24) is 9.80 Å². The Kier molecular flexibility index (Phi) is 5.68. The highest BCUT2D eigenvalue weighted by molar-refractivity contribution is 5.78. The number of nitrogens with two attached hydrogens (primary N) is 1. The van der Waals surface area contributed by atoms with Crippen molar-refractivity contribution in [1.29, 1.82) is 0 Å². The average Bonchev–Trinajstić information content (AvgIpc) is 2.80. The molecule has 2 atom stereocenters. The smallest absolute Gasteiger partial charge is 0.236 e. The Morgan fingerprint density at radius 1 is 1.04 bits per heavy atom. The van der Waals surface area contributed by atoms with Crippen LogP contribution >= 0.6 is 0 Å². The van der Waals surface area contributed by atoms with Crippen LogP contribution < -0.4 is 5.73 Å². The number of amides is 1. The lowest BCUT2D eigenvalue weighted by molar-refractivity contribution is -0.132. The van der Waals surface area contributed by atoms with Crippen LogP contribution in [-0.2, 0) is 4.79 Å². The van der Waals surface area contributed by atoms with Crippen molar-refractivity contribution in [2.24, 2.45) is 11.7 Å². The van der Waals surface area contributed by atoms with Gasteiger partial charge in [0.05, 0.1) is 6.54 Å². The molecule has 2 aliphatic heterocycles. The summed E-state index contributed by atoms with van der Waals surface area (Å²) in [6.45, 7) is 5.01. The minimum Gasteiger partial charge on any atom is -0.342 e. The summed E-state index contributed by atoms with van der Waals surface area (Å²) in [5, 5.41) is 0. The molecule has 4 heteroatoms. The summed E-state index contributed by atoms with van der Waals surface area (Å²) in [7, 11) is 0. The summed E-state index contributed by atoms with van der Waals surface area (Å²) in [5.41, 5.74) is 7.35. The normalized spacial score (nSPS) is 26.2. The van der Waals surface area contributed by atoms with Gasteiger partial charge in [0.1, 0.15) is 0 Å². The predicted molar refractivity (Wildman–Crippen MR) is 93.2 cm³/mol. The summed E-state index contributed by atoms with van der Waals surface area (Å²) >= 11 is 0. The third kappa shape index (κ3) is 4.12. The standard InChI is InChI=1S/C19H29N3O/c20-12-17-13-21(14-18(17)16-8-4-3-5-9-16)15-19(23)22-10-6-1-2-7-11-22/h3-5,8-9,17-18H,1-2,6-7,10-15,20H2/t17-,18+/m1/s1. The Morgan fingerprint density at radius 3 is 2.39 bits per heavy atom. The molecule has 0 aliphatic carbocycles. The van der Waals surface area contributed by atoms with Crippen LogP contribution in [-0.4, -0.2) is 55.0 Å². The Hall–Kier alpha value is -1.39. The number of nitrogens with zero attached hydrogens (tertiary/aromatic N) is 2. The largest absolute Gasteiger partial charge is 0.342 e. The molecule has 2 heterocycles. The molecule has 0 spiro atoms. The molecular weight excluding hydrogens is 286 g/mol. The first kappa shape index (κ1) is 16.5. The van der Waals surface area contributed by atoms with Crippen LogP contribution in [0.2, 0.25) is 0 Å². The number of carbonyl (C=O) groups is 1. The van der Waals surface area contributed by atoms with Crippen molar-refractivity contribution in [3.63, 3.8) is 0 Å². The van der Waals surface area contributed by atoms with Crippen LogP contribution in [0.15, 0.2) is 30.3 Å². The van der Waals surface area contributed by atoms with E-state index in [2.05, 4.69) is 40.1 Å². The van der Waals surface area contributed by atoms with E-state index >= 15 is 0 Å². The highest BCUT2D eigenvalue weighted by Crippen LogP contribution is 2.31. The second-order valence-corrected chi connectivity index (χ2v) is 7.00. The van der Waals surface area contributed by atoms with Crippen molar-refractivity contribution in [2.45, 2.75) is 31.6 Å². The van der Waals surface area contributed by atoms with Gasteiger partial charge in [0.15, 0.2) is 0 Å². The van der Waals surface area contributed by atoms with Gasteiger partial charge in [0.2, 0.25) is 5.91 Å². The second kappa shape index (κ2) is 7.93. The van der Waals surface area contributed by atoms with Gasteiger partial charge >= 0.3 is 0 Å². The molecule has 2 N–H and O–H groups in total. The maximum Gasteiger partial charge on any atom is 0.236 e. The first-order chi connectivity index (χ1) is 11.3. The van der Waals surface area contributed by atoms with Gasteiger partial charge in [-0.05, 0) is 30.9 Å². The quantitative estimate of drug-likeness (QED) is 0.925. The SMILES string of the molecule is NC[C@@H]1CN(CC(=O)N2CCCCCC2)C[C@H]1c1ccccc1. The minimum absolute atomic E-state index is 0.302. The van der Waals surface area contributed by atoms with E-state index in [1.807, 2.05) is 0 Å². The Morgan fingerprint density at radius 2 is 1.74 bits per heavy atom. The Balaban J connectivity index is 1.60. The van der Waals surface area contributed by atoms with E-state index in [1.165, 1.54) is 18.4 Å². The van der Waals surface area contributed by atoms with E-state index in [0.29, 0.717) is 30.8 Å². The maximum atomic E-state index is 12.6. The molecular formula is C19H29N3O. The van der Waals surface area contributed by atoms with E-state index in [-0.39, 0.29) is 0 Å². The molecule has 3 rings (SSSR count). The first-order valence-electron chi connectivity index (χ1n) is 9.03. The van der Waals surface area contributed by atoms with Crippen LogP contribution in [0, 0.1) is 5.92 Å². The molecule has 1 aromatic carbocycles. The molecule has 4 nitrogen and oxygen atoms in total. The van der Waals surface area contributed by atoms with Crippen molar-refractivity contribution in [3.05, 3.63) is 35.9 Å². The van der Waals surface area contributed by atoms with Crippen molar-refractivity contribution >= 4 is 5.91 Å². The highest BCUT2D eigenvalue weighted by Gasteiger charge is 2.34. The molecule has 0 unspecified atom stereocenters. The fourth-order valence-electron chi connectivity index (χ4n) is 4.02. The summed E-state index contributed by atoms with van der Waals surface area (Å²) < 4.78 is 0. The zero-order chi connectivity index (χ0) is 16.1. The average molecular weight is 315 g/mol. The van der Waals surface area contributed by atoms with Gasteiger partial charge in [-0.25, -0.2) is 0 Å². The molecule has 2 aliphatic rings. The molecule has 23 heavy (non-hydrogen) atoms. The lowest BCUT2D eigenvalue weighted by Crippen LogP contribution is -2.40. The summed E-state index contributed by atoms with van der Waals surface area (Å²) in [4.78, 5) is 17.0. The fourth-order valence-corrected chi connectivity index (χ4v) is 4.02. The molecule has 1 aromatic rings. The van der Waals surface area contributed by atoms with Crippen LogP contribution in [0.5, 0.6) is 0 Å². The Bertz CT molecular complexity index is 497. The third-order valence-electron chi connectivity index (χ3n) is 5.36. The third-order valence-corrected chi connectivity index (χ3v) is 5.36. The van der Waals surface area contributed by atoms with E-state index < -0.39 is 0 Å². The van der Waals surface area contributed by atoms with Crippen LogP contribution in [0.25, 0.3) is 0 Å². The molecule has 126 valence electrons. The maximum absolute atomic E-state index is 12.6. The molecule has 0 bridgehead atoms. The van der Waals surface area contributed by atoms with Gasteiger partial charge in [0.25, 0.3) is 0 Å². The zero-order valence-corrected chi connectivity index (χ0v) is 14.0. The van der Waals surface area contributed by atoms with Gasteiger partial charge in [-0.15, -0.1) is 0 Å². The van der Waals surface area contributed by atoms with Crippen LogP contribution in [0.1, 0.15) is 37.2 Å².